The van der Waals surface area contributed by atoms with Gasteiger partial charge in [-0.05, 0) is 61.6 Å². The van der Waals surface area contributed by atoms with Gasteiger partial charge >= 0.3 is 0 Å². The van der Waals surface area contributed by atoms with E-state index in [1.54, 1.807) is 36.0 Å². The normalized spacial score (nSPS) is 13.0. The van der Waals surface area contributed by atoms with Crippen LogP contribution in [-0.4, -0.2) is 20.4 Å². The van der Waals surface area contributed by atoms with Crippen molar-refractivity contribution in [1.82, 2.24) is 0 Å². The molecule has 0 amide bonds. The molecule has 0 spiro atoms. The Labute approximate surface area is 154 Å². The largest absolute Gasteiger partial charge is 0.223 e. The summed E-state index contributed by atoms with van der Waals surface area (Å²) in [6, 6.07) is 14.3. The lowest BCUT2D eigenvalue weighted by atomic mass is 10.1. The molecule has 1 atom stereocenters. The van der Waals surface area contributed by atoms with Crippen molar-refractivity contribution in [3.8, 4) is 0 Å². The fourth-order valence-electron chi connectivity index (χ4n) is 2.65. The number of hydrogen-bond donors (Lipinski definition) is 0. The number of rotatable bonds is 8. The molecule has 0 saturated heterocycles. The third-order valence-corrected chi connectivity index (χ3v) is 7.17. The molecule has 2 aromatic carbocycles. The van der Waals surface area contributed by atoms with E-state index < -0.39 is 15.1 Å². The van der Waals surface area contributed by atoms with Crippen molar-refractivity contribution in [2.75, 3.05) is 12.0 Å². The minimum absolute atomic E-state index is 0.336. The average Bonchev–Trinajstić information content (AvgIpc) is 2.56. The third kappa shape index (κ3) is 5.01. The number of aryl methyl sites for hydroxylation is 1. The van der Waals surface area contributed by atoms with E-state index in [4.69, 9.17) is 11.6 Å². The molecule has 0 aliphatic rings. The van der Waals surface area contributed by atoms with Gasteiger partial charge in [-0.15, -0.1) is 0 Å². The summed E-state index contributed by atoms with van der Waals surface area (Å²) < 4.78 is 26.3. The molecule has 0 radical (unpaired) electrons. The van der Waals surface area contributed by atoms with E-state index in [1.165, 1.54) is 0 Å². The van der Waals surface area contributed by atoms with Crippen LogP contribution in [0.25, 0.3) is 0 Å². The standard InChI is InChI=1S/C19H23ClO2S2/c1-15-6-8-16(9-7-15)19(5-3-4-14-23-2)24(21,22)18-12-10-17(20)11-13-18/h6-13,19H,3-5,14H2,1-2H3. The summed E-state index contributed by atoms with van der Waals surface area (Å²) in [4.78, 5) is 0.336. The van der Waals surface area contributed by atoms with E-state index in [0.717, 1.165) is 29.7 Å². The second-order valence-electron chi connectivity index (χ2n) is 5.89. The molecule has 1 unspecified atom stereocenters. The monoisotopic (exact) mass is 382 g/mol. The van der Waals surface area contributed by atoms with Gasteiger partial charge in [0.2, 0.25) is 0 Å². The molecule has 2 rings (SSSR count). The quantitative estimate of drug-likeness (QED) is 0.549. The van der Waals surface area contributed by atoms with E-state index in [2.05, 4.69) is 6.26 Å². The molecule has 2 nitrogen and oxygen atoms in total. The average molecular weight is 383 g/mol. The van der Waals surface area contributed by atoms with Crippen molar-refractivity contribution in [2.45, 2.75) is 36.3 Å². The molecule has 0 aromatic heterocycles. The Morgan fingerprint density at radius 3 is 2.21 bits per heavy atom. The first-order valence-corrected chi connectivity index (χ1v) is 11.3. The molecule has 0 bridgehead atoms. The predicted molar refractivity (Wildman–Crippen MR) is 105 cm³/mol. The van der Waals surface area contributed by atoms with Gasteiger partial charge < -0.3 is 0 Å². The zero-order valence-corrected chi connectivity index (χ0v) is 16.4. The SMILES string of the molecule is CSCCCCC(c1ccc(C)cc1)S(=O)(=O)c1ccc(Cl)cc1. The Bertz CT molecular complexity index is 738. The van der Waals surface area contributed by atoms with Gasteiger partial charge in [-0.1, -0.05) is 47.9 Å². The summed E-state index contributed by atoms with van der Waals surface area (Å²) in [5.74, 6) is 1.06. The highest BCUT2D eigenvalue weighted by Gasteiger charge is 2.28. The molecule has 24 heavy (non-hydrogen) atoms. The molecule has 0 aliphatic carbocycles. The summed E-state index contributed by atoms with van der Waals surface area (Å²) in [5.41, 5.74) is 1.99. The summed E-state index contributed by atoms with van der Waals surface area (Å²) >= 11 is 7.69. The van der Waals surface area contributed by atoms with E-state index in [-0.39, 0.29) is 0 Å². The maximum absolute atomic E-state index is 13.1. The maximum Gasteiger partial charge on any atom is 0.185 e. The van der Waals surface area contributed by atoms with Gasteiger partial charge in [-0.2, -0.15) is 11.8 Å². The maximum atomic E-state index is 13.1. The Kier molecular flexibility index (Phi) is 7.20. The molecule has 2 aromatic rings. The summed E-state index contributed by atoms with van der Waals surface area (Å²) in [6.45, 7) is 2.00. The fourth-order valence-corrected chi connectivity index (χ4v) is 5.10. The van der Waals surface area contributed by atoms with Crippen LogP contribution in [0, 0.1) is 6.92 Å². The van der Waals surface area contributed by atoms with Crippen molar-refractivity contribution < 1.29 is 8.42 Å². The van der Waals surface area contributed by atoms with Crippen LogP contribution in [0.1, 0.15) is 35.6 Å². The highest BCUT2D eigenvalue weighted by Crippen LogP contribution is 2.34. The topological polar surface area (TPSA) is 34.1 Å². The van der Waals surface area contributed by atoms with Gasteiger partial charge in [-0.3, -0.25) is 0 Å². The zero-order chi connectivity index (χ0) is 17.6. The first-order chi connectivity index (χ1) is 11.4. The fraction of sp³-hybridized carbons (Fsp3) is 0.368. The van der Waals surface area contributed by atoms with E-state index in [1.807, 2.05) is 31.2 Å². The molecule has 0 fully saturated rings. The zero-order valence-electron chi connectivity index (χ0n) is 14.0. The van der Waals surface area contributed by atoms with Gasteiger partial charge in [0.15, 0.2) is 9.84 Å². The summed E-state index contributed by atoms with van der Waals surface area (Å²) in [5, 5.41) is 0.0296. The van der Waals surface area contributed by atoms with Gasteiger partial charge in [0, 0.05) is 5.02 Å². The molecular weight excluding hydrogens is 360 g/mol. The van der Waals surface area contributed by atoms with Crippen molar-refractivity contribution in [2.24, 2.45) is 0 Å². The molecule has 0 saturated carbocycles. The minimum Gasteiger partial charge on any atom is -0.223 e. The van der Waals surface area contributed by atoms with Gasteiger partial charge in [0.05, 0.1) is 10.1 Å². The molecule has 0 N–H and O–H groups in total. The van der Waals surface area contributed by atoms with Crippen LogP contribution in [-0.2, 0) is 9.84 Å². The van der Waals surface area contributed by atoms with Crippen LogP contribution in [0.3, 0.4) is 0 Å². The molecule has 0 aliphatic heterocycles. The second-order valence-corrected chi connectivity index (χ2v) is 9.44. The highest BCUT2D eigenvalue weighted by atomic mass is 35.5. The molecule has 5 heteroatoms. The summed E-state index contributed by atoms with van der Waals surface area (Å²) in [7, 11) is -3.44. The van der Waals surface area contributed by atoms with Crippen LogP contribution in [0.15, 0.2) is 53.4 Å². The molecule has 130 valence electrons. The third-order valence-electron chi connectivity index (χ3n) is 4.03. The smallest absolute Gasteiger partial charge is 0.185 e. The molecular formula is C19H23ClO2S2. The van der Waals surface area contributed by atoms with Crippen LogP contribution in [0.4, 0.5) is 0 Å². The van der Waals surface area contributed by atoms with E-state index in [9.17, 15) is 8.42 Å². The van der Waals surface area contributed by atoms with E-state index >= 15 is 0 Å². The van der Waals surface area contributed by atoms with Crippen LogP contribution in [0.5, 0.6) is 0 Å². The Morgan fingerprint density at radius 1 is 1.00 bits per heavy atom. The lowest BCUT2D eigenvalue weighted by molar-refractivity contribution is 0.569. The first-order valence-electron chi connectivity index (χ1n) is 8.00. The Balaban J connectivity index is 2.32. The van der Waals surface area contributed by atoms with Crippen molar-refractivity contribution in [1.29, 1.82) is 0 Å². The van der Waals surface area contributed by atoms with E-state index in [0.29, 0.717) is 16.3 Å². The van der Waals surface area contributed by atoms with Crippen LogP contribution < -0.4 is 0 Å². The second kappa shape index (κ2) is 8.93. The first kappa shape index (κ1) is 19.4. The van der Waals surface area contributed by atoms with Crippen LogP contribution >= 0.6 is 23.4 Å². The predicted octanol–water partition coefficient (Wildman–Crippen LogP) is 5.70. The van der Waals surface area contributed by atoms with Gasteiger partial charge in [0.25, 0.3) is 0 Å². The Hall–Kier alpha value is -0.970. The number of halogens is 1. The summed E-state index contributed by atoms with van der Waals surface area (Å²) in [6.07, 6.45) is 4.63. The lowest BCUT2D eigenvalue weighted by Crippen LogP contribution is -2.14. The van der Waals surface area contributed by atoms with Crippen molar-refractivity contribution in [3.63, 3.8) is 0 Å². The Morgan fingerprint density at radius 2 is 1.62 bits per heavy atom. The van der Waals surface area contributed by atoms with Crippen molar-refractivity contribution in [3.05, 3.63) is 64.7 Å². The minimum atomic E-state index is -3.44. The number of unbranched alkanes of at least 4 members (excludes halogenated alkanes) is 1. The molecule has 0 heterocycles. The van der Waals surface area contributed by atoms with Gasteiger partial charge in [-0.25, -0.2) is 8.42 Å². The number of thioether (sulfide) groups is 1. The van der Waals surface area contributed by atoms with Gasteiger partial charge in [0.1, 0.15) is 0 Å². The highest BCUT2D eigenvalue weighted by molar-refractivity contribution is 7.98. The van der Waals surface area contributed by atoms with Crippen LogP contribution in [0.2, 0.25) is 5.02 Å². The lowest BCUT2D eigenvalue weighted by Gasteiger charge is -2.19. The number of sulfone groups is 1. The number of benzene rings is 2. The number of hydrogen-bond acceptors (Lipinski definition) is 3. The van der Waals surface area contributed by atoms with Crippen molar-refractivity contribution >= 4 is 33.2 Å².